The summed E-state index contributed by atoms with van der Waals surface area (Å²) in [4.78, 5) is 17.4. The molecule has 0 saturated carbocycles. The van der Waals surface area contributed by atoms with Crippen LogP contribution in [-0.4, -0.2) is 59.1 Å². The summed E-state index contributed by atoms with van der Waals surface area (Å²) in [6.07, 6.45) is 7.47. The largest absolute Gasteiger partial charge is 0.366 e. The Bertz CT molecular complexity index is 583. The molecule has 1 saturated heterocycles. The van der Waals surface area contributed by atoms with E-state index in [1.165, 1.54) is 5.56 Å². The van der Waals surface area contributed by atoms with Crippen molar-refractivity contribution < 1.29 is 0 Å². The Morgan fingerprint density at radius 3 is 2.57 bits per heavy atom. The molecule has 1 aliphatic rings. The predicted molar refractivity (Wildman–Crippen MR) is 94.3 cm³/mol. The zero-order chi connectivity index (χ0) is 15.9. The van der Waals surface area contributed by atoms with E-state index in [9.17, 15) is 0 Å². The minimum absolute atomic E-state index is 0.638. The van der Waals surface area contributed by atoms with E-state index < -0.39 is 0 Å². The lowest BCUT2D eigenvalue weighted by Gasteiger charge is -2.35. The van der Waals surface area contributed by atoms with Crippen molar-refractivity contribution in [3.8, 4) is 0 Å². The van der Waals surface area contributed by atoms with Gasteiger partial charge < -0.3 is 10.2 Å². The first-order valence-electron chi connectivity index (χ1n) is 7.86. The van der Waals surface area contributed by atoms with Crippen molar-refractivity contribution in [2.75, 3.05) is 44.2 Å². The van der Waals surface area contributed by atoms with E-state index >= 15 is 0 Å². The van der Waals surface area contributed by atoms with E-state index in [1.54, 1.807) is 6.20 Å². The number of piperazine rings is 1. The monoisotopic (exact) mass is 376 g/mol. The maximum atomic E-state index is 4.20. The van der Waals surface area contributed by atoms with Crippen molar-refractivity contribution in [2.45, 2.75) is 6.54 Å². The van der Waals surface area contributed by atoms with E-state index in [0.717, 1.165) is 51.5 Å². The Labute approximate surface area is 145 Å². The molecule has 6 nitrogen and oxygen atoms in total. The van der Waals surface area contributed by atoms with Gasteiger partial charge in [0, 0.05) is 58.2 Å². The van der Waals surface area contributed by atoms with Crippen molar-refractivity contribution >= 4 is 21.6 Å². The summed E-state index contributed by atoms with van der Waals surface area (Å²) in [5.74, 6) is 0. The van der Waals surface area contributed by atoms with Gasteiger partial charge >= 0.3 is 0 Å². The number of hydrogen-bond acceptors (Lipinski definition) is 6. The van der Waals surface area contributed by atoms with Gasteiger partial charge in [-0.3, -0.25) is 9.88 Å². The number of nitrogens with one attached hydrogen (secondary N) is 1. The molecule has 0 atom stereocenters. The molecule has 23 heavy (non-hydrogen) atoms. The van der Waals surface area contributed by atoms with Crippen molar-refractivity contribution in [1.82, 2.24) is 25.2 Å². The maximum absolute atomic E-state index is 4.20. The van der Waals surface area contributed by atoms with Gasteiger partial charge in [0.2, 0.25) is 0 Å². The van der Waals surface area contributed by atoms with Crippen LogP contribution in [0.4, 0.5) is 5.69 Å². The summed E-state index contributed by atoms with van der Waals surface area (Å²) in [6, 6.07) is 4.07. The third kappa shape index (κ3) is 4.95. The third-order valence-electron chi connectivity index (χ3n) is 4.00. The van der Waals surface area contributed by atoms with Gasteiger partial charge in [-0.2, -0.15) is 0 Å². The number of halogens is 1. The predicted octanol–water partition coefficient (Wildman–Crippen LogP) is 1.55. The van der Waals surface area contributed by atoms with Gasteiger partial charge in [0.15, 0.2) is 4.73 Å². The Morgan fingerprint density at radius 1 is 1.09 bits per heavy atom. The van der Waals surface area contributed by atoms with Crippen LogP contribution in [0.2, 0.25) is 0 Å². The highest BCUT2D eigenvalue weighted by atomic mass is 79.9. The molecule has 0 aromatic carbocycles. The maximum Gasteiger partial charge on any atom is 0.196 e. The molecule has 1 aliphatic heterocycles. The second kappa shape index (κ2) is 8.33. The van der Waals surface area contributed by atoms with Gasteiger partial charge in [-0.15, -0.1) is 0 Å². The standard InChI is InChI=1S/C16H21BrN6/c17-16-20-12-15(13-21-16)23-8-6-22(7-9-23)5-4-19-11-14-2-1-3-18-10-14/h1-3,10,12-13,19H,4-9,11H2. The summed E-state index contributed by atoms with van der Waals surface area (Å²) >= 11 is 3.27. The molecule has 0 bridgehead atoms. The lowest BCUT2D eigenvalue weighted by molar-refractivity contribution is 0.257. The van der Waals surface area contributed by atoms with Crippen molar-refractivity contribution in [3.63, 3.8) is 0 Å². The number of anilines is 1. The van der Waals surface area contributed by atoms with Crippen LogP contribution in [0, 0.1) is 0 Å². The van der Waals surface area contributed by atoms with Crippen molar-refractivity contribution in [2.24, 2.45) is 0 Å². The molecule has 0 spiro atoms. The van der Waals surface area contributed by atoms with Gasteiger partial charge in [0.05, 0.1) is 18.1 Å². The van der Waals surface area contributed by atoms with E-state index in [2.05, 4.69) is 52.1 Å². The topological polar surface area (TPSA) is 57.2 Å². The van der Waals surface area contributed by atoms with Gasteiger partial charge in [0.1, 0.15) is 0 Å². The van der Waals surface area contributed by atoms with Crippen molar-refractivity contribution in [1.29, 1.82) is 0 Å². The quantitative estimate of drug-likeness (QED) is 0.609. The summed E-state index contributed by atoms with van der Waals surface area (Å²) in [5.41, 5.74) is 2.33. The normalized spacial score (nSPS) is 15.8. The molecule has 122 valence electrons. The van der Waals surface area contributed by atoms with E-state index in [0.29, 0.717) is 4.73 Å². The fraction of sp³-hybridized carbons (Fsp3) is 0.438. The highest BCUT2D eigenvalue weighted by Crippen LogP contribution is 2.15. The summed E-state index contributed by atoms with van der Waals surface area (Å²) < 4.78 is 0.638. The minimum Gasteiger partial charge on any atom is -0.366 e. The molecule has 1 fully saturated rings. The van der Waals surface area contributed by atoms with Gasteiger partial charge in [0.25, 0.3) is 0 Å². The Hall–Kier alpha value is -1.57. The summed E-state index contributed by atoms with van der Waals surface area (Å²) in [6.45, 7) is 7.14. The first kappa shape index (κ1) is 16.3. The molecule has 2 aromatic rings. The van der Waals surface area contributed by atoms with E-state index in [4.69, 9.17) is 0 Å². The van der Waals surface area contributed by atoms with E-state index in [1.807, 2.05) is 24.7 Å². The molecule has 3 heterocycles. The van der Waals surface area contributed by atoms with Gasteiger partial charge in [-0.25, -0.2) is 9.97 Å². The first-order chi connectivity index (χ1) is 11.3. The molecule has 0 aliphatic carbocycles. The third-order valence-corrected chi connectivity index (χ3v) is 4.41. The Balaban J connectivity index is 1.35. The fourth-order valence-electron chi connectivity index (χ4n) is 2.67. The molecule has 3 rings (SSSR count). The molecule has 7 heteroatoms. The van der Waals surface area contributed by atoms with Crippen LogP contribution in [0.25, 0.3) is 0 Å². The molecule has 0 amide bonds. The van der Waals surface area contributed by atoms with Crippen LogP contribution in [0.5, 0.6) is 0 Å². The number of nitrogens with zero attached hydrogens (tertiary/aromatic N) is 5. The zero-order valence-corrected chi connectivity index (χ0v) is 14.6. The minimum atomic E-state index is 0.638. The van der Waals surface area contributed by atoms with E-state index in [-0.39, 0.29) is 0 Å². The lowest BCUT2D eigenvalue weighted by Crippen LogP contribution is -2.48. The van der Waals surface area contributed by atoms with Crippen LogP contribution in [0.3, 0.4) is 0 Å². The lowest BCUT2D eigenvalue weighted by atomic mass is 10.3. The van der Waals surface area contributed by atoms with Crippen molar-refractivity contribution in [3.05, 3.63) is 47.2 Å². The van der Waals surface area contributed by atoms with Crippen LogP contribution in [0.15, 0.2) is 41.7 Å². The molecule has 0 radical (unpaired) electrons. The SMILES string of the molecule is Brc1ncc(N2CCN(CCNCc3cccnc3)CC2)cn1. The molecular formula is C16H21BrN6. The average molecular weight is 377 g/mol. The molecular weight excluding hydrogens is 356 g/mol. The highest BCUT2D eigenvalue weighted by molar-refractivity contribution is 9.10. The number of hydrogen-bond donors (Lipinski definition) is 1. The number of pyridine rings is 1. The summed E-state index contributed by atoms with van der Waals surface area (Å²) in [7, 11) is 0. The zero-order valence-electron chi connectivity index (χ0n) is 13.0. The van der Waals surface area contributed by atoms with Crippen LogP contribution >= 0.6 is 15.9 Å². The average Bonchev–Trinajstić information content (AvgIpc) is 2.61. The smallest absolute Gasteiger partial charge is 0.196 e. The van der Waals surface area contributed by atoms with Crippen LogP contribution in [-0.2, 0) is 6.54 Å². The van der Waals surface area contributed by atoms with Crippen LogP contribution in [0.1, 0.15) is 5.56 Å². The number of rotatable bonds is 6. The Kier molecular flexibility index (Phi) is 5.90. The first-order valence-corrected chi connectivity index (χ1v) is 8.65. The second-order valence-corrected chi connectivity index (χ2v) is 6.29. The van der Waals surface area contributed by atoms with Crippen LogP contribution < -0.4 is 10.2 Å². The second-order valence-electron chi connectivity index (χ2n) is 5.58. The highest BCUT2D eigenvalue weighted by Gasteiger charge is 2.17. The fourth-order valence-corrected chi connectivity index (χ4v) is 2.88. The van der Waals surface area contributed by atoms with Gasteiger partial charge in [-0.05, 0) is 27.6 Å². The van der Waals surface area contributed by atoms with Gasteiger partial charge in [-0.1, -0.05) is 6.07 Å². The number of aromatic nitrogens is 3. The molecule has 0 unspecified atom stereocenters. The Morgan fingerprint density at radius 2 is 1.87 bits per heavy atom. The molecule has 1 N–H and O–H groups in total. The molecule has 2 aromatic heterocycles. The summed E-state index contributed by atoms with van der Waals surface area (Å²) in [5, 5.41) is 3.48.